The molecule has 20 heavy (non-hydrogen) atoms. The molecular weight excluding hydrogens is 256 g/mol. The minimum absolute atomic E-state index is 0.181. The van der Waals surface area contributed by atoms with Crippen molar-refractivity contribution >= 4 is 11.8 Å². The lowest BCUT2D eigenvalue weighted by atomic mass is 9.82. The minimum Gasteiger partial charge on any atom is -0.481 e. The Morgan fingerprint density at radius 1 is 1.50 bits per heavy atom. The van der Waals surface area contributed by atoms with Crippen LogP contribution in [0.4, 0.5) is 5.82 Å². The first kappa shape index (κ1) is 14.4. The Morgan fingerprint density at radius 3 is 2.70 bits per heavy atom. The van der Waals surface area contributed by atoms with Crippen LogP contribution in [0.15, 0.2) is 0 Å². The lowest BCUT2D eigenvalue weighted by Gasteiger charge is -2.26. The van der Waals surface area contributed by atoms with Gasteiger partial charge in [0, 0.05) is 13.6 Å². The summed E-state index contributed by atoms with van der Waals surface area (Å²) < 4.78 is 1.69. The summed E-state index contributed by atoms with van der Waals surface area (Å²) in [6.45, 7) is 2.59. The van der Waals surface area contributed by atoms with Crippen LogP contribution >= 0.6 is 0 Å². The first-order valence-corrected chi connectivity index (χ1v) is 6.93. The minimum atomic E-state index is -0.676. The van der Waals surface area contributed by atoms with Crippen molar-refractivity contribution in [3.63, 3.8) is 0 Å². The van der Waals surface area contributed by atoms with Crippen molar-refractivity contribution in [2.24, 2.45) is 18.9 Å². The monoisotopic (exact) mass is 276 g/mol. The summed E-state index contributed by atoms with van der Waals surface area (Å²) in [6, 6.07) is 2.17. The van der Waals surface area contributed by atoms with Crippen molar-refractivity contribution in [1.82, 2.24) is 9.78 Å². The predicted octanol–water partition coefficient (Wildman–Crippen LogP) is 1.90. The van der Waals surface area contributed by atoms with E-state index in [1.165, 1.54) is 0 Å². The zero-order chi connectivity index (χ0) is 14.7. The molecule has 1 aromatic heterocycles. The molecule has 1 aliphatic carbocycles. The fraction of sp³-hybridized carbons (Fsp3) is 0.643. The zero-order valence-corrected chi connectivity index (χ0v) is 11.9. The van der Waals surface area contributed by atoms with Crippen molar-refractivity contribution in [2.75, 3.05) is 11.9 Å². The number of rotatable bonds is 4. The molecule has 1 heterocycles. The van der Waals surface area contributed by atoms with Crippen molar-refractivity contribution in [1.29, 1.82) is 5.26 Å². The summed E-state index contributed by atoms with van der Waals surface area (Å²) in [5.74, 6) is 0.364. The number of carboxylic acid groups (broad SMARTS) is 1. The second-order valence-corrected chi connectivity index (χ2v) is 5.48. The van der Waals surface area contributed by atoms with Crippen LogP contribution in [0.25, 0.3) is 0 Å². The number of anilines is 1. The fourth-order valence-corrected chi connectivity index (χ4v) is 2.85. The second kappa shape index (κ2) is 5.95. The van der Waals surface area contributed by atoms with Gasteiger partial charge in [-0.05, 0) is 38.5 Å². The van der Waals surface area contributed by atoms with E-state index in [4.69, 9.17) is 10.4 Å². The molecule has 0 spiro atoms. The van der Waals surface area contributed by atoms with Crippen LogP contribution in [0.3, 0.4) is 0 Å². The Hall–Kier alpha value is -2.03. The molecule has 6 nitrogen and oxygen atoms in total. The number of aryl methyl sites for hydroxylation is 2. The van der Waals surface area contributed by atoms with Crippen LogP contribution in [-0.4, -0.2) is 27.4 Å². The van der Waals surface area contributed by atoms with Crippen LogP contribution in [0.2, 0.25) is 0 Å². The van der Waals surface area contributed by atoms with Gasteiger partial charge < -0.3 is 10.4 Å². The maximum Gasteiger partial charge on any atom is 0.306 e. The third-order valence-corrected chi connectivity index (χ3v) is 4.09. The molecule has 108 valence electrons. The van der Waals surface area contributed by atoms with Crippen molar-refractivity contribution < 1.29 is 9.90 Å². The number of nitrogens with zero attached hydrogens (tertiary/aromatic N) is 3. The lowest BCUT2D eigenvalue weighted by Crippen LogP contribution is -2.25. The van der Waals surface area contributed by atoms with Crippen molar-refractivity contribution in [3.8, 4) is 6.07 Å². The number of nitrogens with one attached hydrogen (secondary N) is 1. The molecule has 2 rings (SSSR count). The third-order valence-electron chi connectivity index (χ3n) is 4.09. The Kier molecular flexibility index (Phi) is 4.28. The largest absolute Gasteiger partial charge is 0.481 e. The molecule has 0 bridgehead atoms. The number of carbonyl (C=O) groups is 1. The van der Waals surface area contributed by atoms with Crippen LogP contribution < -0.4 is 5.32 Å². The van der Waals surface area contributed by atoms with Gasteiger partial charge in [0.2, 0.25) is 0 Å². The average Bonchev–Trinajstić information content (AvgIpc) is 2.70. The van der Waals surface area contributed by atoms with E-state index in [1.54, 1.807) is 4.68 Å². The molecule has 0 aromatic carbocycles. The van der Waals surface area contributed by atoms with Crippen LogP contribution in [0.5, 0.6) is 0 Å². The van der Waals surface area contributed by atoms with Gasteiger partial charge in [-0.2, -0.15) is 10.4 Å². The fourth-order valence-electron chi connectivity index (χ4n) is 2.85. The molecule has 1 aliphatic rings. The summed E-state index contributed by atoms with van der Waals surface area (Å²) in [5.41, 5.74) is 1.32. The molecule has 6 heteroatoms. The lowest BCUT2D eigenvalue weighted by molar-refractivity contribution is -0.143. The number of hydrogen-bond donors (Lipinski definition) is 2. The van der Waals surface area contributed by atoms with Gasteiger partial charge in [0.05, 0.1) is 11.6 Å². The van der Waals surface area contributed by atoms with E-state index in [1.807, 2.05) is 14.0 Å². The molecule has 1 saturated carbocycles. The van der Waals surface area contributed by atoms with Gasteiger partial charge in [-0.3, -0.25) is 9.48 Å². The highest BCUT2D eigenvalue weighted by Gasteiger charge is 2.26. The Labute approximate surface area is 118 Å². The summed E-state index contributed by atoms with van der Waals surface area (Å²) >= 11 is 0. The molecule has 0 saturated heterocycles. The van der Waals surface area contributed by atoms with Crippen molar-refractivity contribution in [3.05, 3.63) is 11.3 Å². The first-order valence-electron chi connectivity index (χ1n) is 6.93. The van der Waals surface area contributed by atoms with E-state index in [2.05, 4.69) is 16.5 Å². The molecule has 1 fully saturated rings. The number of hydrogen-bond acceptors (Lipinski definition) is 4. The Morgan fingerprint density at radius 2 is 2.15 bits per heavy atom. The molecule has 0 aliphatic heterocycles. The highest BCUT2D eigenvalue weighted by molar-refractivity contribution is 5.70. The summed E-state index contributed by atoms with van der Waals surface area (Å²) in [5, 5.41) is 25.6. The molecular formula is C14H20N4O2. The predicted molar refractivity (Wildman–Crippen MR) is 74.2 cm³/mol. The number of nitriles is 1. The molecule has 0 unspecified atom stereocenters. The summed E-state index contributed by atoms with van der Waals surface area (Å²) in [7, 11) is 1.82. The quantitative estimate of drug-likeness (QED) is 0.876. The topological polar surface area (TPSA) is 90.9 Å². The van der Waals surface area contributed by atoms with E-state index in [-0.39, 0.29) is 5.92 Å². The van der Waals surface area contributed by atoms with E-state index in [0.717, 1.165) is 43.7 Å². The molecule has 0 atom stereocenters. The molecule has 1 aromatic rings. The molecule has 0 radical (unpaired) electrons. The highest BCUT2D eigenvalue weighted by atomic mass is 16.4. The number of aliphatic carboxylic acids is 1. The molecule has 2 N–H and O–H groups in total. The summed E-state index contributed by atoms with van der Waals surface area (Å²) in [4.78, 5) is 10.9. The van der Waals surface area contributed by atoms with Gasteiger partial charge in [0.1, 0.15) is 17.5 Å². The van der Waals surface area contributed by atoms with Gasteiger partial charge in [-0.25, -0.2) is 0 Å². The van der Waals surface area contributed by atoms with E-state index in [9.17, 15) is 4.79 Å². The van der Waals surface area contributed by atoms with Crippen LogP contribution in [-0.2, 0) is 11.8 Å². The SMILES string of the molecule is Cc1nn(C)c(NCC2CCC(C(=O)O)CC2)c1C#N. The van der Waals surface area contributed by atoms with E-state index < -0.39 is 5.97 Å². The standard InChI is InChI=1S/C14H20N4O2/c1-9-12(7-15)13(18(2)17-9)16-8-10-3-5-11(6-4-10)14(19)20/h10-11,16H,3-6,8H2,1-2H3,(H,19,20). The number of carboxylic acids is 1. The maximum atomic E-state index is 10.9. The Bertz CT molecular complexity index is 536. The second-order valence-electron chi connectivity index (χ2n) is 5.48. The zero-order valence-electron chi connectivity index (χ0n) is 11.9. The Balaban J connectivity index is 1.91. The van der Waals surface area contributed by atoms with Gasteiger partial charge in [-0.15, -0.1) is 0 Å². The van der Waals surface area contributed by atoms with Crippen LogP contribution in [0.1, 0.15) is 36.9 Å². The van der Waals surface area contributed by atoms with Gasteiger partial charge in [0.25, 0.3) is 0 Å². The normalized spacial score (nSPS) is 22.2. The van der Waals surface area contributed by atoms with Gasteiger partial charge in [0.15, 0.2) is 0 Å². The van der Waals surface area contributed by atoms with Crippen molar-refractivity contribution in [2.45, 2.75) is 32.6 Å². The summed E-state index contributed by atoms with van der Waals surface area (Å²) in [6.07, 6.45) is 3.33. The molecule has 0 amide bonds. The highest BCUT2D eigenvalue weighted by Crippen LogP contribution is 2.29. The van der Waals surface area contributed by atoms with Gasteiger partial charge in [-0.1, -0.05) is 0 Å². The van der Waals surface area contributed by atoms with Crippen LogP contribution in [0, 0.1) is 30.1 Å². The van der Waals surface area contributed by atoms with Gasteiger partial charge >= 0.3 is 5.97 Å². The van der Waals surface area contributed by atoms with E-state index in [0.29, 0.717) is 11.5 Å². The first-order chi connectivity index (χ1) is 9.52. The average molecular weight is 276 g/mol. The third kappa shape index (κ3) is 2.93. The maximum absolute atomic E-state index is 10.9. The number of aromatic nitrogens is 2. The smallest absolute Gasteiger partial charge is 0.306 e. The van der Waals surface area contributed by atoms with E-state index >= 15 is 0 Å².